The first-order chi connectivity index (χ1) is 5.90. The molecule has 0 aliphatic carbocycles. The van der Waals surface area contributed by atoms with Gasteiger partial charge in [-0.25, -0.2) is 0 Å². The lowest BCUT2D eigenvalue weighted by Gasteiger charge is -2.09. The highest BCUT2D eigenvalue weighted by atomic mass is 16.3. The molecule has 0 radical (unpaired) electrons. The first kappa shape index (κ1) is 7.83. The maximum absolute atomic E-state index is 5.60. The SMILES string of the molecule is NCCc1cc2c(o1)CNCC2. The third-order valence-corrected chi connectivity index (χ3v) is 2.20. The summed E-state index contributed by atoms with van der Waals surface area (Å²) in [5, 5.41) is 3.27. The molecule has 1 aromatic heterocycles. The largest absolute Gasteiger partial charge is 0.464 e. The lowest BCUT2D eigenvalue weighted by Crippen LogP contribution is -2.22. The normalized spacial score (nSPS) is 16.1. The summed E-state index contributed by atoms with van der Waals surface area (Å²) in [6.07, 6.45) is 1.94. The van der Waals surface area contributed by atoms with Gasteiger partial charge in [0.05, 0.1) is 6.54 Å². The molecule has 3 nitrogen and oxygen atoms in total. The van der Waals surface area contributed by atoms with Crippen LogP contribution in [0.15, 0.2) is 10.5 Å². The second-order valence-electron chi connectivity index (χ2n) is 3.13. The Kier molecular flexibility index (Phi) is 2.15. The van der Waals surface area contributed by atoms with Gasteiger partial charge >= 0.3 is 0 Å². The first-order valence-electron chi connectivity index (χ1n) is 4.41. The van der Waals surface area contributed by atoms with Crippen LogP contribution in [-0.2, 0) is 19.4 Å². The predicted octanol–water partition coefficient (Wildman–Crippen LogP) is 0.426. The maximum Gasteiger partial charge on any atom is 0.121 e. The van der Waals surface area contributed by atoms with Crippen LogP contribution < -0.4 is 11.1 Å². The van der Waals surface area contributed by atoms with E-state index < -0.39 is 0 Å². The van der Waals surface area contributed by atoms with Crippen LogP contribution in [0.25, 0.3) is 0 Å². The van der Waals surface area contributed by atoms with Crippen LogP contribution in [0.1, 0.15) is 17.1 Å². The quantitative estimate of drug-likeness (QED) is 0.669. The summed E-state index contributed by atoms with van der Waals surface area (Å²) in [5.41, 5.74) is 6.80. The molecule has 0 atom stereocenters. The van der Waals surface area contributed by atoms with Gasteiger partial charge in [-0.15, -0.1) is 0 Å². The van der Waals surface area contributed by atoms with Crippen molar-refractivity contribution in [1.29, 1.82) is 0 Å². The summed E-state index contributed by atoms with van der Waals surface area (Å²) >= 11 is 0. The molecule has 1 aromatic rings. The molecule has 0 saturated carbocycles. The summed E-state index contributed by atoms with van der Waals surface area (Å²) in [7, 11) is 0. The van der Waals surface area contributed by atoms with Crippen molar-refractivity contribution in [2.75, 3.05) is 13.1 Å². The average Bonchev–Trinajstić information content (AvgIpc) is 2.47. The number of furan rings is 1. The Balaban J connectivity index is 2.20. The van der Waals surface area contributed by atoms with E-state index in [9.17, 15) is 0 Å². The van der Waals surface area contributed by atoms with Crippen molar-refractivity contribution in [2.24, 2.45) is 5.73 Å². The first-order valence-corrected chi connectivity index (χ1v) is 4.41. The van der Waals surface area contributed by atoms with Crippen molar-refractivity contribution in [2.45, 2.75) is 19.4 Å². The number of nitrogens with two attached hydrogens (primary N) is 1. The Morgan fingerprint density at radius 3 is 3.25 bits per heavy atom. The van der Waals surface area contributed by atoms with E-state index in [1.54, 1.807) is 0 Å². The zero-order valence-electron chi connectivity index (χ0n) is 7.10. The Morgan fingerprint density at radius 1 is 1.58 bits per heavy atom. The zero-order chi connectivity index (χ0) is 8.39. The van der Waals surface area contributed by atoms with Crippen LogP contribution in [0.4, 0.5) is 0 Å². The molecular formula is C9H14N2O. The molecule has 2 rings (SSSR count). The van der Waals surface area contributed by atoms with Crippen LogP contribution in [0.2, 0.25) is 0 Å². The molecule has 2 heterocycles. The molecule has 0 spiro atoms. The smallest absolute Gasteiger partial charge is 0.121 e. The van der Waals surface area contributed by atoms with Gasteiger partial charge in [-0.05, 0) is 31.1 Å². The van der Waals surface area contributed by atoms with Gasteiger partial charge in [-0.1, -0.05) is 0 Å². The second-order valence-corrected chi connectivity index (χ2v) is 3.13. The summed E-state index contributed by atoms with van der Waals surface area (Å²) in [4.78, 5) is 0. The standard InChI is InChI=1S/C9H14N2O/c10-3-1-8-5-7-2-4-11-6-9(7)12-8/h5,11H,1-4,6,10H2. The molecule has 66 valence electrons. The van der Waals surface area contributed by atoms with Crippen molar-refractivity contribution in [3.63, 3.8) is 0 Å². The highest BCUT2D eigenvalue weighted by Crippen LogP contribution is 2.18. The van der Waals surface area contributed by atoms with Crippen LogP contribution in [0.3, 0.4) is 0 Å². The van der Waals surface area contributed by atoms with Crippen molar-refractivity contribution in [1.82, 2.24) is 5.32 Å². The van der Waals surface area contributed by atoms with Gasteiger partial charge in [-0.3, -0.25) is 0 Å². The number of rotatable bonds is 2. The van der Waals surface area contributed by atoms with E-state index in [1.165, 1.54) is 5.56 Å². The van der Waals surface area contributed by atoms with E-state index in [1.807, 2.05) is 0 Å². The molecule has 0 fully saturated rings. The molecular weight excluding hydrogens is 152 g/mol. The van der Waals surface area contributed by atoms with Crippen molar-refractivity contribution in [3.8, 4) is 0 Å². The van der Waals surface area contributed by atoms with E-state index in [-0.39, 0.29) is 0 Å². The number of hydrogen-bond acceptors (Lipinski definition) is 3. The fraction of sp³-hybridized carbons (Fsp3) is 0.556. The van der Waals surface area contributed by atoms with Crippen LogP contribution in [0.5, 0.6) is 0 Å². The molecule has 1 aliphatic heterocycles. The topological polar surface area (TPSA) is 51.2 Å². The number of hydrogen-bond donors (Lipinski definition) is 2. The fourth-order valence-corrected chi connectivity index (χ4v) is 1.58. The van der Waals surface area contributed by atoms with Crippen molar-refractivity contribution >= 4 is 0 Å². The molecule has 0 bridgehead atoms. The van der Waals surface area contributed by atoms with Gasteiger partial charge < -0.3 is 15.5 Å². The van der Waals surface area contributed by atoms with Crippen molar-refractivity contribution in [3.05, 3.63) is 23.2 Å². The Bertz CT molecular complexity index is 244. The zero-order valence-corrected chi connectivity index (χ0v) is 7.10. The second kappa shape index (κ2) is 3.29. The molecule has 3 heteroatoms. The molecule has 0 saturated heterocycles. The Labute approximate surface area is 71.9 Å². The van der Waals surface area contributed by atoms with Gasteiger partial charge in [0.25, 0.3) is 0 Å². The summed E-state index contributed by atoms with van der Waals surface area (Å²) in [6.45, 7) is 2.61. The van der Waals surface area contributed by atoms with E-state index >= 15 is 0 Å². The highest BCUT2D eigenvalue weighted by Gasteiger charge is 2.13. The monoisotopic (exact) mass is 166 g/mol. The van der Waals surface area contributed by atoms with Crippen molar-refractivity contribution < 1.29 is 4.42 Å². The van der Waals surface area contributed by atoms with E-state index in [0.717, 1.165) is 37.5 Å². The third kappa shape index (κ3) is 1.38. The summed E-state index contributed by atoms with van der Waals surface area (Å²) < 4.78 is 5.60. The molecule has 0 amide bonds. The number of fused-ring (bicyclic) bond motifs is 1. The van der Waals surface area contributed by atoms with Gasteiger partial charge in [-0.2, -0.15) is 0 Å². The lowest BCUT2D eigenvalue weighted by atomic mass is 10.1. The number of nitrogens with one attached hydrogen (secondary N) is 1. The van der Waals surface area contributed by atoms with E-state index in [4.69, 9.17) is 10.2 Å². The molecule has 3 N–H and O–H groups in total. The minimum atomic E-state index is 0.666. The summed E-state index contributed by atoms with van der Waals surface area (Å²) in [5.74, 6) is 2.14. The predicted molar refractivity (Wildman–Crippen MR) is 46.9 cm³/mol. The highest BCUT2D eigenvalue weighted by molar-refractivity contribution is 5.24. The molecule has 12 heavy (non-hydrogen) atoms. The maximum atomic E-state index is 5.60. The molecule has 0 unspecified atom stereocenters. The van der Waals surface area contributed by atoms with Gasteiger partial charge in [0.15, 0.2) is 0 Å². The molecule has 1 aliphatic rings. The minimum Gasteiger partial charge on any atom is -0.464 e. The third-order valence-electron chi connectivity index (χ3n) is 2.20. The summed E-state index contributed by atoms with van der Waals surface area (Å²) in [6, 6.07) is 2.14. The van der Waals surface area contributed by atoms with Crippen LogP contribution in [-0.4, -0.2) is 13.1 Å². The minimum absolute atomic E-state index is 0.666. The van der Waals surface area contributed by atoms with Gasteiger partial charge in [0.1, 0.15) is 11.5 Å². The Hall–Kier alpha value is -0.800. The van der Waals surface area contributed by atoms with Crippen LogP contribution in [0, 0.1) is 0 Å². The average molecular weight is 166 g/mol. The fourth-order valence-electron chi connectivity index (χ4n) is 1.58. The van der Waals surface area contributed by atoms with Gasteiger partial charge in [0.2, 0.25) is 0 Å². The van der Waals surface area contributed by atoms with E-state index in [2.05, 4.69) is 11.4 Å². The van der Waals surface area contributed by atoms with E-state index in [0.29, 0.717) is 6.54 Å². The lowest BCUT2D eigenvalue weighted by molar-refractivity contribution is 0.434. The van der Waals surface area contributed by atoms with Crippen LogP contribution >= 0.6 is 0 Å². The van der Waals surface area contributed by atoms with Gasteiger partial charge in [0, 0.05) is 6.42 Å². The molecule has 0 aromatic carbocycles. The Morgan fingerprint density at radius 2 is 2.50 bits per heavy atom.